The predicted octanol–water partition coefficient (Wildman–Crippen LogP) is 2.02. The highest BCUT2D eigenvalue weighted by Gasteiger charge is 2.29. The number of aromatic nitrogens is 3. The Balaban J connectivity index is 1.45. The number of fused-ring (bicyclic) bond motifs is 1. The first-order chi connectivity index (χ1) is 11.3. The number of amides is 1. The lowest BCUT2D eigenvalue weighted by Crippen LogP contribution is -2.30. The third kappa shape index (κ3) is 2.75. The summed E-state index contributed by atoms with van der Waals surface area (Å²) in [5.74, 6) is 0.0359. The molecular weight excluding hydrogens is 292 g/mol. The van der Waals surface area contributed by atoms with Crippen LogP contribution in [0.1, 0.15) is 16.8 Å². The second kappa shape index (κ2) is 5.72. The lowest BCUT2D eigenvalue weighted by molar-refractivity contribution is 0.0770. The molecule has 1 aliphatic heterocycles. The molecular formula is C17H16N4O2. The van der Waals surface area contributed by atoms with Crippen molar-refractivity contribution >= 4 is 11.4 Å². The monoisotopic (exact) mass is 308 g/mol. The van der Waals surface area contributed by atoms with Gasteiger partial charge >= 0.3 is 6.01 Å². The van der Waals surface area contributed by atoms with Crippen LogP contribution in [-0.4, -0.2) is 44.4 Å². The van der Waals surface area contributed by atoms with Crippen molar-refractivity contribution in [3.63, 3.8) is 0 Å². The minimum atomic E-state index is -0.0571. The van der Waals surface area contributed by atoms with E-state index in [0.717, 1.165) is 11.9 Å². The van der Waals surface area contributed by atoms with Gasteiger partial charge in [-0.05, 0) is 24.3 Å². The van der Waals surface area contributed by atoms with Gasteiger partial charge in [0.05, 0.1) is 12.1 Å². The van der Waals surface area contributed by atoms with E-state index in [1.807, 2.05) is 46.0 Å². The van der Waals surface area contributed by atoms with Crippen molar-refractivity contribution in [3.05, 3.63) is 60.7 Å². The Morgan fingerprint density at radius 2 is 2.09 bits per heavy atom. The molecule has 0 bridgehead atoms. The van der Waals surface area contributed by atoms with Crippen LogP contribution in [0.15, 0.2) is 55.1 Å². The van der Waals surface area contributed by atoms with Crippen molar-refractivity contribution in [1.82, 2.24) is 19.3 Å². The molecule has 0 N–H and O–H groups in total. The maximum absolute atomic E-state index is 12.6. The number of hydrogen-bond acceptors (Lipinski definition) is 4. The molecule has 6 heteroatoms. The number of pyridine rings is 1. The van der Waals surface area contributed by atoms with Gasteiger partial charge in [0.1, 0.15) is 6.10 Å². The fourth-order valence-corrected chi connectivity index (χ4v) is 2.86. The summed E-state index contributed by atoms with van der Waals surface area (Å²) in [6.45, 7) is 1.24. The van der Waals surface area contributed by atoms with Crippen LogP contribution in [0, 0.1) is 0 Å². The van der Waals surface area contributed by atoms with Crippen LogP contribution in [0.25, 0.3) is 5.52 Å². The highest BCUT2D eigenvalue weighted by atomic mass is 16.5. The van der Waals surface area contributed by atoms with E-state index < -0.39 is 0 Å². The van der Waals surface area contributed by atoms with Gasteiger partial charge in [0.2, 0.25) is 0 Å². The number of carbonyl (C=O) groups is 1. The third-order valence-electron chi connectivity index (χ3n) is 4.00. The molecule has 4 heterocycles. The number of hydrogen-bond donors (Lipinski definition) is 0. The maximum Gasteiger partial charge on any atom is 0.316 e. The molecule has 3 aromatic rings. The molecule has 1 aliphatic rings. The molecule has 1 atom stereocenters. The Morgan fingerprint density at radius 1 is 1.22 bits per heavy atom. The number of likely N-dealkylation sites (tertiary alicyclic amines) is 1. The van der Waals surface area contributed by atoms with Gasteiger partial charge in [0.15, 0.2) is 0 Å². The Labute approximate surface area is 133 Å². The molecule has 3 aromatic heterocycles. The molecule has 6 nitrogen and oxygen atoms in total. The van der Waals surface area contributed by atoms with E-state index in [9.17, 15) is 4.79 Å². The summed E-state index contributed by atoms with van der Waals surface area (Å²) in [7, 11) is 0. The molecule has 0 saturated carbocycles. The molecule has 4 rings (SSSR count). The van der Waals surface area contributed by atoms with E-state index in [1.165, 1.54) is 0 Å². The fraction of sp³-hybridized carbons (Fsp3) is 0.235. The highest BCUT2D eigenvalue weighted by molar-refractivity contribution is 5.95. The molecule has 0 unspecified atom stereocenters. The van der Waals surface area contributed by atoms with E-state index in [0.29, 0.717) is 24.7 Å². The van der Waals surface area contributed by atoms with E-state index >= 15 is 0 Å². The normalized spacial score (nSPS) is 17.6. The number of ether oxygens (including phenoxy) is 1. The molecule has 0 radical (unpaired) electrons. The minimum Gasteiger partial charge on any atom is -0.458 e. The highest BCUT2D eigenvalue weighted by Crippen LogP contribution is 2.19. The van der Waals surface area contributed by atoms with E-state index in [-0.39, 0.29) is 12.0 Å². The summed E-state index contributed by atoms with van der Waals surface area (Å²) in [6, 6.07) is 9.91. The predicted molar refractivity (Wildman–Crippen MR) is 84.4 cm³/mol. The number of nitrogens with zero attached hydrogens (tertiary/aromatic N) is 4. The number of carbonyl (C=O) groups excluding carboxylic acids is 1. The Morgan fingerprint density at radius 3 is 2.91 bits per heavy atom. The van der Waals surface area contributed by atoms with Crippen molar-refractivity contribution in [3.8, 4) is 6.01 Å². The summed E-state index contributed by atoms with van der Waals surface area (Å²) in [6.07, 6.45) is 7.83. The van der Waals surface area contributed by atoms with Crippen LogP contribution in [0.4, 0.5) is 0 Å². The van der Waals surface area contributed by atoms with Gasteiger partial charge in [-0.3, -0.25) is 4.79 Å². The Kier molecular flexibility index (Phi) is 3.42. The van der Waals surface area contributed by atoms with E-state index in [4.69, 9.17) is 4.74 Å². The second-order valence-corrected chi connectivity index (χ2v) is 5.57. The summed E-state index contributed by atoms with van der Waals surface area (Å²) in [4.78, 5) is 22.6. The van der Waals surface area contributed by atoms with Crippen LogP contribution in [0.2, 0.25) is 0 Å². The zero-order valence-corrected chi connectivity index (χ0v) is 12.5. The molecule has 0 spiro atoms. The van der Waals surface area contributed by atoms with Gasteiger partial charge in [-0.25, -0.2) is 9.97 Å². The molecule has 1 fully saturated rings. The summed E-state index contributed by atoms with van der Waals surface area (Å²) in [5.41, 5.74) is 1.72. The zero-order chi connectivity index (χ0) is 15.6. The summed E-state index contributed by atoms with van der Waals surface area (Å²) < 4.78 is 7.68. The van der Waals surface area contributed by atoms with Crippen molar-refractivity contribution in [1.29, 1.82) is 0 Å². The van der Waals surface area contributed by atoms with Crippen molar-refractivity contribution in [2.45, 2.75) is 12.5 Å². The number of rotatable bonds is 3. The van der Waals surface area contributed by atoms with E-state index in [1.54, 1.807) is 18.5 Å². The zero-order valence-electron chi connectivity index (χ0n) is 12.5. The van der Waals surface area contributed by atoms with E-state index in [2.05, 4.69) is 9.97 Å². The van der Waals surface area contributed by atoms with Gasteiger partial charge in [0, 0.05) is 43.3 Å². The summed E-state index contributed by atoms with van der Waals surface area (Å²) >= 11 is 0. The molecule has 116 valence electrons. The first kappa shape index (κ1) is 13.8. The maximum atomic E-state index is 12.6. The van der Waals surface area contributed by atoms with Crippen LogP contribution < -0.4 is 4.74 Å². The topological polar surface area (TPSA) is 59.7 Å². The smallest absolute Gasteiger partial charge is 0.316 e. The molecule has 1 amide bonds. The minimum absolute atomic E-state index is 0.0359. The van der Waals surface area contributed by atoms with Gasteiger partial charge in [0.25, 0.3) is 5.91 Å². The van der Waals surface area contributed by atoms with Crippen molar-refractivity contribution < 1.29 is 9.53 Å². The molecule has 0 aromatic carbocycles. The van der Waals surface area contributed by atoms with Crippen molar-refractivity contribution in [2.24, 2.45) is 0 Å². The van der Waals surface area contributed by atoms with Crippen LogP contribution >= 0.6 is 0 Å². The Hall–Kier alpha value is -2.89. The summed E-state index contributed by atoms with van der Waals surface area (Å²) in [5, 5.41) is 0. The lowest BCUT2D eigenvalue weighted by atomic mass is 10.3. The first-order valence-corrected chi connectivity index (χ1v) is 7.59. The fourth-order valence-electron chi connectivity index (χ4n) is 2.86. The SMILES string of the molecule is O=C(c1cc2ccccn2c1)N1CC[C@H](Oc2ncccn2)C1. The molecule has 23 heavy (non-hydrogen) atoms. The van der Waals surface area contributed by atoms with Gasteiger partial charge in [-0.15, -0.1) is 0 Å². The van der Waals surface area contributed by atoms with Gasteiger partial charge < -0.3 is 14.0 Å². The quantitative estimate of drug-likeness (QED) is 0.743. The standard InChI is InChI=1S/C17H16N4O2/c22-16(13-10-14-4-1-2-8-20(14)11-13)21-9-5-15(12-21)23-17-18-6-3-7-19-17/h1-4,6-8,10-11,15H,5,9,12H2/t15-/m0/s1. The average molecular weight is 308 g/mol. The largest absolute Gasteiger partial charge is 0.458 e. The van der Waals surface area contributed by atoms with Crippen LogP contribution in [-0.2, 0) is 0 Å². The second-order valence-electron chi connectivity index (χ2n) is 5.57. The lowest BCUT2D eigenvalue weighted by Gasteiger charge is -2.15. The molecule has 0 aliphatic carbocycles. The first-order valence-electron chi connectivity index (χ1n) is 7.59. The third-order valence-corrected chi connectivity index (χ3v) is 4.00. The van der Waals surface area contributed by atoms with Gasteiger partial charge in [-0.1, -0.05) is 6.07 Å². The van der Waals surface area contributed by atoms with Gasteiger partial charge in [-0.2, -0.15) is 0 Å². The average Bonchev–Trinajstić information content (AvgIpc) is 3.21. The Bertz CT molecular complexity index is 798. The van der Waals surface area contributed by atoms with Crippen molar-refractivity contribution in [2.75, 3.05) is 13.1 Å². The van der Waals surface area contributed by atoms with Crippen LogP contribution in [0.3, 0.4) is 0 Å². The van der Waals surface area contributed by atoms with Crippen LogP contribution in [0.5, 0.6) is 6.01 Å². The molecule has 1 saturated heterocycles.